The van der Waals surface area contributed by atoms with Crippen LogP contribution in [0.15, 0.2) is 12.2 Å². The van der Waals surface area contributed by atoms with Crippen molar-refractivity contribution in [2.24, 2.45) is 0 Å². The minimum Gasteiger partial charge on any atom is -0.462 e. The van der Waals surface area contributed by atoms with Crippen molar-refractivity contribution in [2.75, 3.05) is 6.54 Å². The second kappa shape index (κ2) is 1.85. The van der Waals surface area contributed by atoms with Crippen LogP contribution < -0.4 is 4.90 Å². The molecular weight excluding hydrogens is 122 g/mol. The van der Waals surface area contributed by atoms with Gasteiger partial charge in [-0.1, -0.05) is 12.2 Å². The van der Waals surface area contributed by atoms with Crippen molar-refractivity contribution in [1.29, 1.82) is 0 Å². The molecule has 1 nitrogen and oxygen atoms in total. The van der Waals surface area contributed by atoms with Crippen LogP contribution in [0.5, 0.6) is 0 Å². The zero-order valence-electron chi connectivity index (χ0n) is 6.45. The van der Waals surface area contributed by atoms with Gasteiger partial charge < -0.3 is 4.90 Å². The van der Waals surface area contributed by atoms with Gasteiger partial charge in [0.1, 0.15) is 0 Å². The molecule has 1 N–H and O–H groups in total. The number of hydrogen-bond donors (Lipinski definition) is 1. The lowest BCUT2D eigenvalue weighted by Crippen LogP contribution is -3.13. The van der Waals surface area contributed by atoms with Crippen LogP contribution in [0.1, 0.15) is 25.7 Å². The van der Waals surface area contributed by atoms with Crippen LogP contribution in [0, 0.1) is 7.05 Å². The molecule has 1 aliphatic carbocycles. The summed E-state index contributed by atoms with van der Waals surface area (Å²) in [5.41, 5.74) is 2.01. The van der Waals surface area contributed by atoms with Crippen LogP contribution in [0.25, 0.3) is 0 Å². The van der Waals surface area contributed by atoms with Gasteiger partial charge in [-0.2, -0.15) is 7.05 Å². The Labute approximate surface area is 62.7 Å². The zero-order valence-corrected chi connectivity index (χ0v) is 6.45. The van der Waals surface area contributed by atoms with Crippen LogP contribution >= 0.6 is 0 Å². The van der Waals surface area contributed by atoms with Crippen LogP contribution in [-0.4, -0.2) is 12.1 Å². The van der Waals surface area contributed by atoms with E-state index in [0.29, 0.717) is 5.54 Å². The van der Waals surface area contributed by atoms with Crippen molar-refractivity contribution in [3.63, 3.8) is 0 Å². The van der Waals surface area contributed by atoms with Gasteiger partial charge in [0.2, 0.25) is 0 Å². The molecule has 1 saturated heterocycles. The second-order valence-corrected chi connectivity index (χ2v) is 3.81. The van der Waals surface area contributed by atoms with Crippen molar-refractivity contribution in [3.8, 4) is 0 Å². The molecule has 1 spiro atoms. The molecule has 0 aromatic carbocycles. The van der Waals surface area contributed by atoms with E-state index in [1.165, 1.54) is 42.7 Å². The van der Waals surface area contributed by atoms with E-state index < -0.39 is 0 Å². The molecule has 0 radical (unpaired) electrons. The SMILES string of the molecule is C=C1CC[NH+]([CH2-])C2(CC2)C1. The number of hydrogen-bond acceptors (Lipinski definition) is 0. The van der Waals surface area contributed by atoms with E-state index in [9.17, 15) is 0 Å². The maximum Gasteiger partial charge on any atom is 0.0780 e. The first kappa shape index (κ1) is 6.41. The minimum absolute atomic E-state index is 0.565. The Kier molecular flexibility index (Phi) is 1.19. The van der Waals surface area contributed by atoms with Crippen LogP contribution in [0.4, 0.5) is 0 Å². The van der Waals surface area contributed by atoms with E-state index in [1.54, 1.807) is 0 Å². The fourth-order valence-corrected chi connectivity index (χ4v) is 1.97. The fraction of sp³-hybridized carbons (Fsp3) is 0.667. The van der Waals surface area contributed by atoms with E-state index >= 15 is 0 Å². The minimum atomic E-state index is 0.565. The third-order valence-electron chi connectivity index (χ3n) is 2.97. The molecule has 10 heavy (non-hydrogen) atoms. The lowest BCUT2D eigenvalue weighted by atomic mass is 9.97. The summed E-state index contributed by atoms with van der Waals surface area (Å²) in [6.45, 7) is 5.25. The molecule has 1 heteroatoms. The maximum absolute atomic E-state index is 4.12. The van der Waals surface area contributed by atoms with Crippen molar-refractivity contribution >= 4 is 0 Å². The normalized spacial score (nSPS) is 36.5. The highest BCUT2D eigenvalue weighted by molar-refractivity contribution is 5.10. The highest BCUT2D eigenvalue weighted by Crippen LogP contribution is 2.39. The largest absolute Gasteiger partial charge is 0.462 e. The van der Waals surface area contributed by atoms with Crippen LogP contribution in [0.3, 0.4) is 0 Å². The molecule has 0 aromatic rings. The molecule has 0 bridgehead atoms. The topological polar surface area (TPSA) is 4.44 Å². The van der Waals surface area contributed by atoms with E-state index in [1.807, 2.05) is 0 Å². The molecule has 2 aliphatic rings. The van der Waals surface area contributed by atoms with Gasteiger partial charge in [-0.25, -0.2) is 0 Å². The van der Waals surface area contributed by atoms with Crippen molar-refractivity contribution in [3.05, 3.63) is 19.2 Å². The van der Waals surface area contributed by atoms with Gasteiger partial charge in [0, 0.05) is 25.7 Å². The average molecular weight is 137 g/mol. The lowest BCUT2D eigenvalue weighted by molar-refractivity contribution is -0.896. The van der Waals surface area contributed by atoms with Gasteiger partial charge in [0.05, 0.1) is 12.1 Å². The summed E-state index contributed by atoms with van der Waals surface area (Å²) >= 11 is 0. The summed E-state index contributed by atoms with van der Waals surface area (Å²) in [6.07, 6.45) is 5.20. The van der Waals surface area contributed by atoms with Crippen molar-refractivity contribution < 1.29 is 4.90 Å². The predicted molar refractivity (Wildman–Crippen MR) is 41.5 cm³/mol. The van der Waals surface area contributed by atoms with Crippen LogP contribution in [0.2, 0.25) is 0 Å². The highest BCUT2D eigenvalue weighted by Gasteiger charge is 2.49. The summed E-state index contributed by atoms with van der Waals surface area (Å²) in [7, 11) is 4.12. The Hall–Kier alpha value is -0.300. The maximum atomic E-state index is 4.12. The number of rotatable bonds is 0. The Morgan fingerprint density at radius 3 is 2.70 bits per heavy atom. The van der Waals surface area contributed by atoms with Crippen molar-refractivity contribution in [1.82, 2.24) is 0 Å². The van der Waals surface area contributed by atoms with E-state index in [2.05, 4.69) is 13.6 Å². The standard InChI is InChI=1S/C9H15N/c1-8-3-6-10(2)9(7-8)4-5-9/h10H,1-7H2. The molecule has 1 aliphatic heterocycles. The monoisotopic (exact) mass is 137 g/mol. The summed E-state index contributed by atoms with van der Waals surface area (Å²) in [6, 6.07) is 0. The molecule has 1 saturated carbocycles. The van der Waals surface area contributed by atoms with Crippen LogP contribution in [-0.2, 0) is 0 Å². The quantitative estimate of drug-likeness (QED) is 0.367. The molecular formula is C9H15N. The first-order chi connectivity index (χ1) is 4.73. The van der Waals surface area contributed by atoms with Gasteiger partial charge in [-0.3, -0.25) is 0 Å². The first-order valence-corrected chi connectivity index (χ1v) is 4.08. The third kappa shape index (κ3) is 0.807. The molecule has 0 aromatic heterocycles. The smallest absolute Gasteiger partial charge is 0.0780 e. The number of piperidine rings is 1. The first-order valence-electron chi connectivity index (χ1n) is 4.08. The molecule has 2 rings (SSSR count). The number of likely N-dealkylation sites (tertiary alicyclic amines) is 1. The summed E-state index contributed by atoms with van der Waals surface area (Å²) in [5.74, 6) is 0. The third-order valence-corrected chi connectivity index (χ3v) is 2.97. The van der Waals surface area contributed by atoms with E-state index in [0.717, 1.165) is 0 Å². The van der Waals surface area contributed by atoms with E-state index in [4.69, 9.17) is 0 Å². The lowest BCUT2D eigenvalue weighted by Gasteiger charge is -2.36. The fourth-order valence-electron chi connectivity index (χ4n) is 1.97. The Bertz CT molecular complexity index is 168. The highest BCUT2D eigenvalue weighted by atomic mass is 15.2. The Morgan fingerprint density at radius 2 is 2.20 bits per heavy atom. The van der Waals surface area contributed by atoms with E-state index in [-0.39, 0.29) is 0 Å². The number of nitrogens with one attached hydrogen (secondary N) is 1. The molecule has 56 valence electrons. The van der Waals surface area contributed by atoms with Gasteiger partial charge in [0.15, 0.2) is 0 Å². The number of quaternary nitrogens is 1. The molecule has 2 fully saturated rings. The summed E-state index contributed by atoms with van der Waals surface area (Å²) in [4.78, 5) is 1.50. The average Bonchev–Trinajstić information content (AvgIpc) is 2.62. The molecule has 0 amide bonds. The van der Waals surface area contributed by atoms with Gasteiger partial charge in [-0.15, -0.1) is 0 Å². The Morgan fingerprint density at radius 1 is 1.50 bits per heavy atom. The summed E-state index contributed by atoms with van der Waals surface area (Å²) < 4.78 is 0. The molecule has 1 heterocycles. The predicted octanol–water partition coefficient (Wildman–Crippen LogP) is 0.545. The Balaban J connectivity index is 2.10. The summed E-state index contributed by atoms with van der Waals surface area (Å²) in [5, 5.41) is 0. The van der Waals surface area contributed by atoms with Gasteiger partial charge in [0.25, 0.3) is 0 Å². The molecule has 1 atom stereocenters. The second-order valence-electron chi connectivity index (χ2n) is 3.81. The zero-order chi connectivity index (χ0) is 7.19. The van der Waals surface area contributed by atoms with Gasteiger partial charge in [-0.05, 0) is 0 Å². The molecule has 1 unspecified atom stereocenters. The van der Waals surface area contributed by atoms with Gasteiger partial charge >= 0.3 is 0 Å². The van der Waals surface area contributed by atoms with Crippen molar-refractivity contribution in [2.45, 2.75) is 31.2 Å².